The lowest BCUT2D eigenvalue weighted by atomic mass is 10.1. The Labute approximate surface area is 166 Å². The third-order valence-corrected chi connectivity index (χ3v) is 4.80. The van der Waals surface area contributed by atoms with Gasteiger partial charge < -0.3 is 14.0 Å². The fraction of sp³-hybridized carbons (Fsp3) is 0.238. The van der Waals surface area contributed by atoms with Gasteiger partial charge in [0, 0.05) is 18.0 Å². The van der Waals surface area contributed by atoms with Gasteiger partial charge in [0.2, 0.25) is 5.88 Å². The number of hydrogen-bond acceptors (Lipinski definition) is 6. The molecule has 0 N–H and O–H groups in total. The van der Waals surface area contributed by atoms with Crippen LogP contribution in [0.3, 0.4) is 0 Å². The first kappa shape index (κ1) is 18.8. The molecule has 0 bridgehead atoms. The molecule has 0 radical (unpaired) electrons. The Morgan fingerprint density at radius 1 is 1.17 bits per heavy atom. The summed E-state index contributed by atoms with van der Waals surface area (Å²) < 4.78 is 26.0. The average Bonchev–Trinajstić information content (AvgIpc) is 3.07. The molecule has 0 spiro atoms. The molecule has 0 aliphatic rings. The second-order valence-corrected chi connectivity index (χ2v) is 6.67. The van der Waals surface area contributed by atoms with Crippen molar-refractivity contribution in [3.05, 3.63) is 59.3 Å². The molecular formula is C21H19FN4O3. The number of carbonyl (C=O) groups excluding carboxylic acids is 1. The quantitative estimate of drug-likeness (QED) is 0.484. The van der Waals surface area contributed by atoms with Gasteiger partial charge >= 0.3 is 5.97 Å². The summed E-state index contributed by atoms with van der Waals surface area (Å²) in [6, 6.07) is 8.68. The van der Waals surface area contributed by atoms with Gasteiger partial charge in [-0.3, -0.25) is 4.79 Å². The van der Waals surface area contributed by atoms with E-state index in [4.69, 9.17) is 9.47 Å². The summed E-state index contributed by atoms with van der Waals surface area (Å²) in [5, 5.41) is 0.763. The van der Waals surface area contributed by atoms with Crippen molar-refractivity contribution in [2.24, 2.45) is 0 Å². The van der Waals surface area contributed by atoms with E-state index in [0.29, 0.717) is 35.0 Å². The lowest BCUT2D eigenvalue weighted by molar-refractivity contribution is -0.139. The predicted molar refractivity (Wildman–Crippen MR) is 105 cm³/mol. The summed E-state index contributed by atoms with van der Waals surface area (Å²) >= 11 is 0. The highest BCUT2D eigenvalue weighted by atomic mass is 19.1. The molecule has 0 saturated heterocycles. The molecule has 148 valence electrons. The second-order valence-electron chi connectivity index (χ2n) is 6.67. The molecule has 4 rings (SSSR count). The van der Waals surface area contributed by atoms with Crippen LogP contribution in [0.4, 0.5) is 4.39 Å². The number of aromatic nitrogens is 4. The number of aryl methyl sites for hydroxylation is 1. The Hall–Kier alpha value is -3.55. The molecule has 4 aromatic rings. The molecule has 3 aromatic heterocycles. The first-order valence-electron chi connectivity index (χ1n) is 9.01. The molecule has 0 saturated carbocycles. The van der Waals surface area contributed by atoms with E-state index < -0.39 is 5.97 Å². The maximum Gasteiger partial charge on any atom is 0.313 e. The van der Waals surface area contributed by atoms with Gasteiger partial charge in [-0.1, -0.05) is 12.1 Å². The first-order valence-corrected chi connectivity index (χ1v) is 9.01. The zero-order valence-electron chi connectivity index (χ0n) is 16.3. The van der Waals surface area contributed by atoms with Crippen LogP contribution in [0.2, 0.25) is 0 Å². The number of methoxy groups -OCH3 is 2. The number of rotatable bonds is 5. The number of hydrogen-bond donors (Lipinski definition) is 0. The molecule has 1 aromatic carbocycles. The minimum Gasteiger partial charge on any atom is -0.481 e. The van der Waals surface area contributed by atoms with Gasteiger partial charge in [0.15, 0.2) is 5.65 Å². The van der Waals surface area contributed by atoms with E-state index in [9.17, 15) is 9.18 Å². The number of fused-ring (bicyclic) bond motifs is 3. The molecule has 0 amide bonds. The highest BCUT2D eigenvalue weighted by Gasteiger charge is 2.18. The lowest BCUT2D eigenvalue weighted by Gasteiger charge is -2.11. The van der Waals surface area contributed by atoms with Gasteiger partial charge in [-0.05, 0) is 30.2 Å². The molecule has 0 aliphatic heterocycles. The van der Waals surface area contributed by atoms with Crippen LogP contribution < -0.4 is 4.74 Å². The topological polar surface area (TPSA) is 79.1 Å². The molecule has 0 fully saturated rings. The van der Waals surface area contributed by atoms with E-state index in [1.54, 1.807) is 25.3 Å². The fourth-order valence-electron chi connectivity index (χ4n) is 3.27. The number of benzene rings is 1. The van der Waals surface area contributed by atoms with Crippen LogP contribution >= 0.6 is 0 Å². The van der Waals surface area contributed by atoms with Gasteiger partial charge in [-0.25, -0.2) is 14.4 Å². The molecule has 0 atom stereocenters. The summed E-state index contributed by atoms with van der Waals surface area (Å²) in [7, 11) is 2.87. The number of carbonyl (C=O) groups is 1. The van der Waals surface area contributed by atoms with Crippen molar-refractivity contribution in [1.82, 2.24) is 19.5 Å². The summed E-state index contributed by atoms with van der Waals surface area (Å²) in [5.74, 6) is 0.275. The molecule has 7 nitrogen and oxygen atoms in total. The van der Waals surface area contributed by atoms with E-state index in [-0.39, 0.29) is 12.2 Å². The fourth-order valence-corrected chi connectivity index (χ4v) is 3.27. The maximum absolute atomic E-state index is 14.1. The average molecular weight is 394 g/mol. The molecule has 0 unspecified atom stereocenters. The van der Waals surface area contributed by atoms with Gasteiger partial charge in [0.25, 0.3) is 0 Å². The van der Waals surface area contributed by atoms with Crippen LogP contribution in [-0.4, -0.2) is 39.7 Å². The lowest BCUT2D eigenvalue weighted by Crippen LogP contribution is -2.12. The Balaban J connectivity index is 1.93. The largest absolute Gasteiger partial charge is 0.481 e. The maximum atomic E-state index is 14.1. The summed E-state index contributed by atoms with van der Waals surface area (Å²) in [6.07, 6.45) is 1.60. The third kappa shape index (κ3) is 3.49. The Kier molecular flexibility index (Phi) is 4.84. The highest BCUT2D eigenvalue weighted by Crippen LogP contribution is 2.27. The van der Waals surface area contributed by atoms with E-state index in [2.05, 4.69) is 15.0 Å². The van der Waals surface area contributed by atoms with Crippen LogP contribution in [0.1, 0.15) is 17.0 Å². The van der Waals surface area contributed by atoms with Crippen molar-refractivity contribution >= 4 is 28.0 Å². The Bertz CT molecular complexity index is 1240. The van der Waals surface area contributed by atoms with Crippen LogP contribution in [0.5, 0.6) is 5.88 Å². The molecule has 29 heavy (non-hydrogen) atoms. The van der Waals surface area contributed by atoms with E-state index >= 15 is 0 Å². The van der Waals surface area contributed by atoms with E-state index in [1.807, 2.05) is 16.7 Å². The van der Waals surface area contributed by atoms with Gasteiger partial charge in [-0.2, -0.15) is 4.98 Å². The summed E-state index contributed by atoms with van der Waals surface area (Å²) in [6.45, 7) is 2.05. The van der Waals surface area contributed by atoms with Gasteiger partial charge in [0.1, 0.15) is 23.6 Å². The van der Waals surface area contributed by atoms with Crippen LogP contribution in [-0.2, 0) is 22.5 Å². The summed E-state index contributed by atoms with van der Waals surface area (Å²) in [4.78, 5) is 25.2. The second kappa shape index (κ2) is 7.46. The van der Waals surface area contributed by atoms with Crippen molar-refractivity contribution in [3.63, 3.8) is 0 Å². The van der Waals surface area contributed by atoms with E-state index in [0.717, 1.165) is 16.5 Å². The number of ether oxygens (including phenoxy) is 2. The number of imidazole rings is 1. The molecular weight excluding hydrogens is 375 g/mol. The van der Waals surface area contributed by atoms with E-state index in [1.165, 1.54) is 20.3 Å². The third-order valence-electron chi connectivity index (χ3n) is 4.80. The number of halogens is 1. The number of pyridine rings is 2. The van der Waals surface area contributed by atoms with Crippen molar-refractivity contribution in [1.29, 1.82) is 0 Å². The number of esters is 1. The monoisotopic (exact) mass is 394 g/mol. The van der Waals surface area contributed by atoms with Gasteiger partial charge in [-0.15, -0.1) is 0 Å². The Morgan fingerprint density at radius 3 is 2.72 bits per heavy atom. The van der Waals surface area contributed by atoms with Crippen LogP contribution in [0.15, 0.2) is 36.5 Å². The minimum absolute atomic E-state index is 0.00933. The molecule has 0 aliphatic carbocycles. The number of nitrogens with zero attached hydrogens (tertiary/aromatic N) is 4. The van der Waals surface area contributed by atoms with Crippen molar-refractivity contribution in [2.75, 3.05) is 14.2 Å². The zero-order chi connectivity index (χ0) is 20.5. The summed E-state index contributed by atoms with van der Waals surface area (Å²) in [5.41, 5.74) is 3.22. The minimum atomic E-state index is -0.409. The molecule has 3 heterocycles. The van der Waals surface area contributed by atoms with Crippen LogP contribution in [0, 0.1) is 12.7 Å². The normalized spacial score (nSPS) is 11.2. The van der Waals surface area contributed by atoms with Crippen molar-refractivity contribution in [3.8, 4) is 5.88 Å². The van der Waals surface area contributed by atoms with Gasteiger partial charge in [0.05, 0.1) is 25.9 Å². The van der Waals surface area contributed by atoms with Crippen molar-refractivity contribution in [2.45, 2.75) is 19.9 Å². The van der Waals surface area contributed by atoms with Crippen molar-refractivity contribution < 1.29 is 18.7 Å². The predicted octanol–water partition coefficient (Wildman–Crippen LogP) is 3.20. The first-order chi connectivity index (χ1) is 14.0. The smallest absolute Gasteiger partial charge is 0.313 e. The standard InChI is InChI=1S/C21H19FN4O3/c1-12-4-5-13(8-15(12)22)11-26-17(9-19(27)29-3)24-16-10-23-21-14(20(16)26)6-7-18(25-21)28-2/h4-8,10H,9,11H2,1-3H3. The highest BCUT2D eigenvalue weighted by molar-refractivity contribution is 6.01. The SMILES string of the molecule is COC(=O)Cc1nc2cnc3nc(OC)ccc3c2n1Cc1ccc(C)c(F)c1. The zero-order valence-corrected chi connectivity index (χ0v) is 16.3. The molecule has 8 heteroatoms. The Morgan fingerprint density at radius 2 is 2.00 bits per heavy atom. The van der Waals surface area contributed by atoms with Crippen LogP contribution in [0.25, 0.3) is 22.1 Å².